The molecule has 98 valence electrons. The summed E-state index contributed by atoms with van der Waals surface area (Å²) in [4.78, 5) is 2.67. The van der Waals surface area contributed by atoms with Crippen LogP contribution in [0.25, 0.3) is 0 Å². The largest absolute Gasteiger partial charge is 0.276 e. The Morgan fingerprint density at radius 1 is 1.28 bits per heavy atom. The highest BCUT2D eigenvalue weighted by atomic mass is 15.3. The lowest BCUT2D eigenvalue weighted by atomic mass is 9.75. The van der Waals surface area contributed by atoms with Crippen LogP contribution in [-0.2, 0) is 7.05 Å². The van der Waals surface area contributed by atoms with Crippen LogP contribution in [-0.4, -0.2) is 11.6 Å². The van der Waals surface area contributed by atoms with Crippen LogP contribution in [0.4, 0.5) is 5.82 Å². The minimum atomic E-state index is 0.340. The maximum atomic E-state index is 2.67. The maximum Gasteiger partial charge on any atom is 0.276 e. The van der Waals surface area contributed by atoms with Crippen LogP contribution in [0.3, 0.4) is 0 Å². The first-order chi connectivity index (χ1) is 8.38. The Kier molecular flexibility index (Phi) is 2.33. The first kappa shape index (κ1) is 12.0. The van der Waals surface area contributed by atoms with Gasteiger partial charge in [0.15, 0.2) is 0 Å². The Morgan fingerprint density at radius 2 is 2.00 bits per heavy atom. The molecule has 1 aliphatic carbocycles. The average Bonchev–Trinajstić information content (AvgIpc) is 2.64. The van der Waals surface area contributed by atoms with Crippen LogP contribution in [0.5, 0.6) is 0 Å². The van der Waals surface area contributed by atoms with E-state index in [4.69, 9.17) is 0 Å². The van der Waals surface area contributed by atoms with E-state index in [9.17, 15) is 0 Å². The summed E-state index contributed by atoms with van der Waals surface area (Å²) in [5.74, 6) is 2.20. The van der Waals surface area contributed by atoms with Gasteiger partial charge in [-0.25, -0.2) is 4.57 Å². The van der Waals surface area contributed by atoms with Crippen molar-refractivity contribution in [3.63, 3.8) is 0 Å². The number of nitrogens with zero attached hydrogens (tertiary/aromatic N) is 2. The summed E-state index contributed by atoms with van der Waals surface area (Å²) in [6.45, 7) is 9.78. The minimum absolute atomic E-state index is 0.340. The summed E-state index contributed by atoms with van der Waals surface area (Å²) >= 11 is 0. The van der Waals surface area contributed by atoms with Gasteiger partial charge in [-0.1, -0.05) is 19.9 Å². The number of aryl methyl sites for hydroxylation is 1. The zero-order valence-corrected chi connectivity index (χ0v) is 12.3. The fourth-order valence-electron chi connectivity index (χ4n) is 4.70. The van der Waals surface area contributed by atoms with E-state index in [-0.39, 0.29) is 0 Å². The van der Waals surface area contributed by atoms with E-state index in [0.29, 0.717) is 17.0 Å². The third kappa shape index (κ3) is 1.32. The van der Waals surface area contributed by atoms with E-state index in [2.05, 4.69) is 68.6 Å². The van der Waals surface area contributed by atoms with Gasteiger partial charge in [0, 0.05) is 11.5 Å². The number of hydrogen-bond donors (Lipinski definition) is 0. The van der Waals surface area contributed by atoms with Gasteiger partial charge in [-0.2, -0.15) is 0 Å². The van der Waals surface area contributed by atoms with Crippen molar-refractivity contribution in [2.24, 2.45) is 18.4 Å². The zero-order valence-electron chi connectivity index (χ0n) is 12.3. The van der Waals surface area contributed by atoms with Crippen molar-refractivity contribution >= 4 is 5.82 Å². The number of piperidine rings is 1. The van der Waals surface area contributed by atoms with Crippen molar-refractivity contribution in [3.05, 3.63) is 24.4 Å². The second kappa shape index (κ2) is 3.49. The van der Waals surface area contributed by atoms with Crippen molar-refractivity contribution in [2.45, 2.75) is 52.1 Å². The summed E-state index contributed by atoms with van der Waals surface area (Å²) in [5, 5.41) is 0. The maximum absolute atomic E-state index is 2.67. The van der Waals surface area contributed by atoms with Crippen LogP contribution in [0, 0.1) is 11.3 Å². The summed E-state index contributed by atoms with van der Waals surface area (Å²) in [7, 11) is 2.16. The molecule has 0 radical (unpaired) electrons. The third-order valence-electron chi connectivity index (χ3n) is 5.83. The highest BCUT2D eigenvalue weighted by Gasteiger charge is 2.66. The normalized spacial score (nSPS) is 42.6. The standard InChI is InChI=1S/C16H25N2/c1-12-10-15(3)11-16(12,4)13(2)18(15)14-8-6-7-9-17(14)5/h6-9,12-13H,10-11H2,1-5H3/q+1. The van der Waals surface area contributed by atoms with Crippen LogP contribution in [0.15, 0.2) is 24.4 Å². The number of pyridine rings is 1. The molecule has 1 saturated heterocycles. The lowest BCUT2D eigenvalue weighted by Gasteiger charge is -2.41. The lowest BCUT2D eigenvalue weighted by molar-refractivity contribution is -0.659. The molecular weight excluding hydrogens is 220 g/mol. The molecule has 0 spiro atoms. The average molecular weight is 245 g/mol. The van der Waals surface area contributed by atoms with Gasteiger partial charge in [0.25, 0.3) is 5.82 Å². The van der Waals surface area contributed by atoms with Crippen LogP contribution in [0.1, 0.15) is 40.5 Å². The van der Waals surface area contributed by atoms with Crippen molar-refractivity contribution in [2.75, 3.05) is 4.90 Å². The SMILES string of the molecule is CC1CC2(C)CC1(C)C(C)N2c1cccc[n+]1C. The molecule has 2 nitrogen and oxygen atoms in total. The third-order valence-corrected chi connectivity index (χ3v) is 5.83. The zero-order chi connectivity index (χ0) is 13.1. The Morgan fingerprint density at radius 3 is 2.56 bits per heavy atom. The minimum Gasteiger partial charge on any atom is -0.254 e. The second-order valence-corrected chi connectivity index (χ2v) is 7.00. The second-order valence-electron chi connectivity index (χ2n) is 7.00. The molecule has 2 heteroatoms. The molecule has 0 amide bonds. The summed E-state index contributed by atoms with van der Waals surface area (Å²) in [6.07, 6.45) is 4.81. The molecule has 2 heterocycles. The van der Waals surface area contributed by atoms with Gasteiger partial charge in [0.05, 0.1) is 19.3 Å². The molecule has 1 aromatic heterocycles. The molecule has 18 heavy (non-hydrogen) atoms. The molecule has 0 N–H and O–H groups in total. The van der Waals surface area contributed by atoms with Crippen molar-refractivity contribution < 1.29 is 4.57 Å². The van der Waals surface area contributed by atoms with E-state index in [1.165, 1.54) is 18.7 Å². The van der Waals surface area contributed by atoms with E-state index < -0.39 is 0 Å². The van der Waals surface area contributed by atoms with E-state index in [0.717, 1.165) is 5.92 Å². The molecule has 1 aliphatic heterocycles. The van der Waals surface area contributed by atoms with Crippen LogP contribution < -0.4 is 9.47 Å². The Hall–Kier alpha value is -1.05. The molecule has 4 unspecified atom stereocenters. The Labute approximate surface area is 111 Å². The topological polar surface area (TPSA) is 7.12 Å². The fourth-order valence-corrected chi connectivity index (χ4v) is 4.70. The van der Waals surface area contributed by atoms with Crippen molar-refractivity contribution in [3.8, 4) is 0 Å². The molecule has 2 bridgehead atoms. The van der Waals surface area contributed by atoms with Gasteiger partial charge in [-0.3, -0.25) is 4.90 Å². The van der Waals surface area contributed by atoms with Crippen molar-refractivity contribution in [1.82, 2.24) is 0 Å². The van der Waals surface area contributed by atoms with E-state index >= 15 is 0 Å². The van der Waals surface area contributed by atoms with Gasteiger partial charge in [-0.05, 0) is 38.7 Å². The number of rotatable bonds is 1. The smallest absolute Gasteiger partial charge is 0.254 e. The van der Waals surface area contributed by atoms with Gasteiger partial charge in [0.1, 0.15) is 5.54 Å². The summed E-state index contributed by atoms with van der Waals surface area (Å²) in [5.41, 5.74) is 0.810. The first-order valence-corrected chi connectivity index (χ1v) is 7.12. The quantitative estimate of drug-likeness (QED) is 0.690. The Balaban J connectivity index is 2.08. The lowest BCUT2D eigenvalue weighted by Crippen LogP contribution is -2.55. The molecule has 0 aromatic carbocycles. The first-order valence-electron chi connectivity index (χ1n) is 7.12. The highest BCUT2D eigenvalue weighted by Crippen LogP contribution is 2.61. The number of aromatic nitrogens is 1. The Bertz CT molecular complexity index is 484. The van der Waals surface area contributed by atoms with Gasteiger partial charge >= 0.3 is 0 Å². The molecule has 1 saturated carbocycles. The molecule has 4 atom stereocenters. The van der Waals surface area contributed by atoms with Gasteiger partial charge < -0.3 is 0 Å². The molecular formula is C16H25N2+. The number of hydrogen-bond acceptors (Lipinski definition) is 1. The summed E-state index contributed by atoms with van der Waals surface area (Å²) < 4.78 is 2.26. The van der Waals surface area contributed by atoms with Gasteiger partial charge in [0.2, 0.25) is 0 Å². The van der Waals surface area contributed by atoms with E-state index in [1.807, 2.05) is 0 Å². The van der Waals surface area contributed by atoms with Crippen LogP contribution in [0.2, 0.25) is 0 Å². The van der Waals surface area contributed by atoms with Crippen LogP contribution >= 0.6 is 0 Å². The van der Waals surface area contributed by atoms with Crippen molar-refractivity contribution in [1.29, 1.82) is 0 Å². The number of fused-ring (bicyclic) bond motifs is 2. The van der Waals surface area contributed by atoms with E-state index in [1.54, 1.807) is 0 Å². The number of anilines is 1. The summed E-state index contributed by atoms with van der Waals surface area (Å²) in [6, 6.07) is 7.15. The fraction of sp³-hybridized carbons (Fsp3) is 0.688. The molecule has 2 fully saturated rings. The van der Waals surface area contributed by atoms with Gasteiger partial charge in [-0.15, -0.1) is 0 Å². The molecule has 1 aromatic rings. The predicted octanol–water partition coefficient (Wildman–Crippen LogP) is 2.91. The highest BCUT2D eigenvalue weighted by molar-refractivity contribution is 5.45. The monoisotopic (exact) mass is 245 g/mol. The predicted molar refractivity (Wildman–Crippen MR) is 74.5 cm³/mol. The molecule has 3 rings (SSSR count). The molecule has 2 aliphatic rings.